The first kappa shape index (κ1) is 10.0. The maximum atomic E-state index is 5.66. The summed E-state index contributed by atoms with van der Waals surface area (Å²) in [5.41, 5.74) is 6.87. The van der Waals surface area contributed by atoms with Crippen LogP contribution in [0.3, 0.4) is 0 Å². The van der Waals surface area contributed by atoms with Crippen molar-refractivity contribution >= 4 is 5.82 Å². The van der Waals surface area contributed by atoms with Crippen LogP contribution in [0.15, 0.2) is 12.4 Å². The molecule has 3 rings (SSSR count). The zero-order chi connectivity index (χ0) is 11.0. The Kier molecular flexibility index (Phi) is 2.52. The minimum atomic E-state index is 0.672. The Morgan fingerprint density at radius 2 is 2.06 bits per heavy atom. The molecule has 0 atom stereocenters. The van der Waals surface area contributed by atoms with E-state index in [-0.39, 0.29) is 0 Å². The van der Waals surface area contributed by atoms with Crippen molar-refractivity contribution < 1.29 is 0 Å². The Morgan fingerprint density at radius 1 is 1.25 bits per heavy atom. The Morgan fingerprint density at radius 3 is 2.69 bits per heavy atom. The number of hydrogen-bond donors (Lipinski definition) is 1. The predicted octanol–water partition coefficient (Wildman–Crippen LogP) is 1.28. The third kappa shape index (κ3) is 2.02. The average Bonchev–Trinajstić information content (AvgIpc) is 3.19. The molecule has 1 aromatic rings. The van der Waals surface area contributed by atoms with Crippen molar-refractivity contribution in [1.82, 2.24) is 9.97 Å². The van der Waals surface area contributed by atoms with Crippen molar-refractivity contribution in [3.05, 3.63) is 18.1 Å². The second-order valence-electron chi connectivity index (χ2n) is 4.79. The van der Waals surface area contributed by atoms with E-state index < -0.39 is 0 Å². The summed E-state index contributed by atoms with van der Waals surface area (Å²) in [6.07, 6.45) is 6.84. The number of nitrogens with zero attached hydrogens (tertiary/aromatic N) is 3. The molecule has 0 spiro atoms. The summed E-state index contributed by atoms with van der Waals surface area (Å²) in [6.45, 7) is 1.60. The minimum Gasteiger partial charge on any atom is -0.352 e. The van der Waals surface area contributed by atoms with Crippen LogP contribution in [0.25, 0.3) is 0 Å². The molecule has 0 unspecified atom stereocenters. The fraction of sp³-hybridized carbons (Fsp3) is 0.667. The highest BCUT2D eigenvalue weighted by atomic mass is 15.2. The minimum absolute atomic E-state index is 0.672. The lowest BCUT2D eigenvalue weighted by Crippen LogP contribution is -2.32. The van der Waals surface area contributed by atoms with Gasteiger partial charge in [-0.1, -0.05) is 0 Å². The molecule has 4 nitrogen and oxygen atoms in total. The van der Waals surface area contributed by atoms with E-state index in [0.717, 1.165) is 12.4 Å². The van der Waals surface area contributed by atoms with Crippen molar-refractivity contribution in [2.24, 2.45) is 5.73 Å². The Balaban J connectivity index is 1.81. The second-order valence-corrected chi connectivity index (χ2v) is 4.79. The first-order valence-corrected chi connectivity index (χ1v) is 6.17. The molecule has 0 amide bonds. The zero-order valence-electron chi connectivity index (χ0n) is 9.47. The molecule has 2 N–H and O–H groups in total. The van der Waals surface area contributed by atoms with Gasteiger partial charge in [0.05, 0.1) is 0 Å². The van der Waals surface area contributed by atoms with Crippen LogP contribution in [0.1, 0.15) is 37.3 Å². The van der Waals surface area contributed by atoms with Crippen LogP contribution in [0.2, 0.25) is 0 Å². The van der Waals surface area contributed by atoms with E-state index in [0.29, 0.717) is 18.5 Å². The third-order valence-corrected chi connectivity index (χ3v) is 3.32. The number of hydrogen-bond acceptors (Lipinski definition) is 4. The molecule has 1 aromatic heterocycles. The summed E-state index contributed by atoms with van der Waals surface area (Å²) in [7, 11) is 0. The van der Waals surface area contributed by atoms with Gasteiger partial charge in [-0.25, -0.2) is 9.97 Å². The Bertz CT molecular complexity index is 371. The van der Waals surface area contributed by atoms with Crippen molar-refractivity contribution in [3.63, 3.8) is 0 Å². The summed E-state index contributed by atoms with van der Waals surface area (Å²) in [5, 5.41) is 0. The maximum absolute atomic E-state index is 5.66. The van der Waals surface area contributed by atoms with E-state index in [1.165, 1.54) is 31.4 Å². The van der Waals surface area contributed by atoms with Crippen molar-refractivity contribution in [2.75, 3.05) is 18.0 Å². The summed E-state index contributed by atoms with van der Waals surface area (Å²) in [6, 6.07) is 2.83. The second kappa shape index (κ2) is 4.01. The smallest absolute Gasteiger partial charge is 0.132 e. The molecule has 2 saturated carbocycles. The van der Waals surface area contributed by atoms with Crippen LogP contribution >= 0.6 is 0 Å². The molecule has 0 aliphatic heterocycles. The predicted molar refractivity (Wildman–Crippen MR) is 63.4 cm³/mol. The van der Waals surface area contributed by atoms with E-state index in [1.54, 1.807) is 6.33 Å². The molecule has 2 fully saturated rings. The molecular weight excluding hydrogens is 200 g/mol. The highest BCUT2D eigenvalue weighted by Gasteiger charge is 2.31. The van der Waals surface area contributed by atoms with Crippen LogP contribution in [0.4, 0.5) is 5.82 Å². The third-order valence-electron chi connectivity index (χ3n) is 3.32. The van der Waals surface area contributed by atoms with Gasteiger partial charge < -0.3 is 10.6 Å². The summed E-state index contributed by atoms with van der Waals surface area (Å²) < 4.78 is 0. The molecule has 0 saturated heterocycles. The Hall–Kier alpha value is -1.16. The first-order valence-electron chi connectivity index (χ1n) is 6.17. The maximum Gasteiger partial charge on any atom is 0.132 e. The quantitative estimate of drug-likeness (QED) is 0.809. The molecule has 0 aromatic carbocycles. The van der Waals surface area contributed by atoms with Crippen LogP contribution in [-0.4, -0.2) is 29.1 Å². The number of nitrogens with two attached hydrogens (primary N) is 1. The molecule has 1 heterocycles. The van der Waals surface area contributed by atoms with Crippen molar-refractivity contribution in [1.29, 1.82) is 0 Å². The van der Waals surface area contributed by atoms with Crippen LogP contribution < -0.4 is 10.6 Å². The highest BCUT2D eigenvalue weighted by molar-refractivity contribution is 5.43. The molecule has 16 heavy (non-hydrogen) atoms. The fourth-order valence-corrected chi connectivity index (χ4v) is 2.13. The van der Waals surface area contributed by atoms with E-state index in [2.05, 4.69) is 20.9 Å². The van der Waals surface area contributed by atoms with Crippen LogP contribution in [0.5, 0.6) is 0 Å². The van der Waals surface area contributed by atoms with E-state index in [1.807, 2.05) is 0 Å². The summed E-state index contributed by atoms with van der Waals surface area (Å²) >= 11 is 0. The van der Waals surface area contributed by atoms with Gasteiger partial charge in [-0.05, 0) is 25.7 Å². The lowest BCUT2D eigenvalue weighted by atomic mass is 10.2. The normalized spacial score (nSPS) is 19.8. The van der Waals surface area contributed by atoms with Crippen LogP contribution in [0, 0.1) is 0 Å². The van der Waals surface area contributed by atoms with Gasteiger partial charge in [-0.3, -0.25) is 0 Å². The average molecular weight is 218 g/mol. The molecular formula is C12H18N4. The number of aromatic nitrogens is 2. The lowest BCUT2D eigenvalue weighted by Gasteiger charge is -2.22. The molecule has 2 aliphatic carbocycles. The van der Waals surface area contributed by atoms with E-state index >= 15 is 0 Å². The van der Waals surface area contributed by atoms with Gasteiger partial charge in [0, 0.05) is 36.8 Å². The zero-order valence-corrected chi connectivity index (χ0v) is 9.47. The number of anilines is 1. The summed E-state index contributed by atoms with van der Waals surface area (Å²) in [5.74, 6) is 1.77. The first-order chi connectivity index (χ1) is 7.88. The van der Waals surface area contributed by atoms with Gasteiger partial charge in [0.15, 0.2) is 0 Å². The molecule has 4 heteroatoms. The van der Waals surface area contributed by atoms with E-state index in [4.69, 9.17) is 5.73 Å². The van der Waals surface area contributed by atoms with Gasteiger partial charge in [-0.15, -0.1) is 0 Å². The molecule has 86 valence electrons. The van der Waals surface area contributed by atoms with Gasteiger partial charge in [0.1, 0.15) is 12.1 Å². The van der Waals surface area contributed by atoms with E-state index in [9.17, 15) is 0 Å². The topological polar surface area (TPSA) is 55.0 Å². The fourth-order valence-electron chi connectivity index (χ4n) is 2.13. The highest BCUT2D eigenvalue weighted by Crippen LogP contribution is 2.40. The summed E-state index contributed by atoms with van der Waals surface area (Å²) in [4.78, 5) is 11.1. The van der Waals surface area contributed by atoms with Crippen molar-refractivity contribution in [3.8, 4) is 0 Å². The van der Waals surface area contributed by atoms with Crippen molar-refractivity contribution in [2.45, 2.75) is 37.6 Å². The number of rotatable bonds is 5. The molecule has 2 aliphatic rings. The standard InChI is InChI=1S/C12H18N4/c13-5-6-16(10-3-4-10)12-7-11(9-1-2-9)14-8-15-12/h7-10H,1-6,13H2. The Labute approximate surface area is 95.9 Å². The van der Waals surface area contributed by atoms with Gasteiger partial charge in [-0.2, -0.15) is 0 Å². The lowest BCUT2D eigenvalue weighted by molar-refractivity contribution is 0.765. The SMILES string of the molecule is NCCN(c1cc(C2CC2)ncn1)C1CC1. The van der Waals surface area contributed by atoms with Gasteiger partial charge in [0.25, 0.3) is 0 Å². The molecule has 0 radical (unpaired) electrons. The molecule has 0 bridgehead atoms. The van der Waals surface area contributed by atoms with Gasteiger partial charge in [0.2, 0.25) is 0 Å². The monoisotopic (exact) mass is 218 g/mol. The van der Waals surface area contributed by atoms with Crippen LogP contribution in [-0.2, 0) is 0 Å². The largest absolute Gasteiger partial charge is 0.352 e. The van der Waals surface area contributed by atoms with Gasteiger partial charge >= 0.3 is 0 Å².